The Morgan fingerprint density at radius 2 is 2.29 bits per heavy atom. The Hall–Kier alpha value is -0.610. The molecule has 0 bridgehead atoms. The summed E-state index contributed by atoms with van der Waals surface area (Å²) >= 11 is 9.16. The lowest BCUT2D eigenvalue weighted by molar-refractivity contribution is -0.117. The van der Waals surface area contributed by atoms with Crippen LogP contribution in [0.4, 0.5) is 5.69 Å². The Bertz CT molecular complexity index is 383. The summed E-state index contributed by atoms with van der Waals surface area (Å²) in [4.78, 5) is 17.2. The number of amides is 1. The highest BCUT2D eigenvalue weighted by Gasteiger charge is 2.23. The minimum atomic E-state index is 0.121. The summed E-state index contributed by atoms with van der Waals surface area (Å²) in [5, 5.41) is 0.370. The highest BCUT2D eigenvalue weighted by molar-refractivity contribution is 9.10. The van der Waals surface area contributed by atoms with Crippen LogP contribution in [0, 0.1) is 0 Å². The fourth-order valence-corrected chi connectivity index (χ4v) is 2.18. The topological polar surface area (TPSA) is 33.2 Å². The zero-order valence-electron chi connectivity index (χ0n) is 7.33. The molecule has 0 radical (unpaired) electrons. The van der Waals surface area contributed by atoms with Crippen molar-refractivity contribution in [2.75, 3.05) is 11.4 Å². The second kappa shape index (κ2) is 3.87. The van der Waals surface area contributed by atoms with E-state index < -0.39 is 0 Å². The first-order chi connectivity index (χ1) is 6.68. The number of carbonyl (C=O) groups excluding carboxylic acids is 1. The van der Waals surface area contributed by atoms with Crippen LogP contribution >= 0.6 is 27.5 Å². The highest BCUT2D eigenvalue weighted by Crippen LogP contribution is 2.28. The van der Waals surface area contributed by atoms with Gasteiger partial charge in [-0.25, -0.2) is 4.98 Å². The van der Waals surface area contributed by atoms with Crippen molar-refractivity contribution < 1.29 is 4.79 Å². The Labute approximate surface area is 95.2 Å². The highest BCUT2D eigenvalue weighted by atomic mass is 79.9. The van der Waals surface area contributed by atoms with E-state index in [0.29, 0.717) is 21.9 Å². The van der Waals surface area contributed by atoms with E-state index in [1.165, 1.54) is 0 Å². The van der Waals surface area contributed by atoms with Crippen molar-refractivity contribution in [3.8, 4) is 0 Å². The Morgan fingerprint density at radius 1 is 1.50 bits per heavy atom. The normalized spacial score (nSPS) is 16.4. The van der Waals surface area contributed by atoms with E-state index in [1.807, 2.05) is 6.07 Å². The van der Waals surface area contributed by atoms with Crippen molar-refractivity contribution in [2.24, 2.45) is 0 Å². The number of carbonyl (C=O) groups is 1. The molecule has 0 aliphatic carbocycles. The van der Waals surface area contributed by atoms with Gasteiger partial charge in [-0.2, -0.15) is 0 Å². The molecule has 1 amide bonds. The maximum absolute atomic E-state index is 11.4. The van der Waals surface area contributed by atoms with Crippen LogP contribution in [0.25, 0.3) is 0 Å². The SMILES string of the molecule is O=C1CCCN1c1ccc(Br)nc1Cl. The van der Waals surface area contributed by atoms with Crippen LogP contribution in [-0.4, -0.2) is 17.4 Å². The summed E-state index contributed by atoms with van der Waals surface area (Å²) in [5.41, 5.74) is 0.706. The third-order valence-electron chi connectivity index (χ3n) is 2.16. The van der Waals surface area contributed by atoms with Crippen LogP contribution in [0.5, 0.6) is 0 Å². The van der Waals surface area contributed by atoms with Crippen molar-refractivity contribution in [2.45, 2.75) is 12.8 Å². The van der Waals surface area contributed by atoms with Crippen molar-refractivity contribution >= 4 is 39.1 Å². The smallest absolute Gasteiger partial charge is 0.227 e. The number of pyridine rings is 1. The first-order valence-electron chi connectivity index (χ1n) is 4.31. The molecule has 1 aromatic rings. The molecule has 0 saturated carbocycles. The molecular weight excluding hydrogens is 267 g/mol. The molecule has 2 rings (SSSR count). The van der Waals surface area contributed by atoms with Crippen molar-refractivity contribution in [3.05, 3.63) is 21.9 Å². The number of hydrogen-bond acceptors (Lipinski definition) is 2. The lowest BCUT2D eigenvalue weighted by atomic mass is 10.4. The summed E-state index contributed by atoms with van der Waals surface area (Å²) in [6.07, 6.45) is 1.50. The Morgan fingerprint density at radius 3 is 2.86 bits per heavy atom. The van der Waals surface area contributed by atoms with Gasteiger partial charge in [0.1, 0.15) is 4.60 Å². The third kappa shape index (κ3) is 1.77. The number of halogens is 2. The summed E-state index contributed by atoms with van der Waals surface area (Å²) in [7, 11) is 0. The minimum absolute atomic E-state index is 0.121. The van der Waals surface area contributed by atoms with Gasteiger partial charge >= 0.3 is 0 Å². The van der Waals surface area contributed by atoms with Gasteiger partial charge in [-0.05, 0) is 34.5 Å². The fourth-order valence-electron chi connectivity index (χ4n) is 1.51. The third-order valence-corrected chi connectivity index (χ3v) is 2.88. The number of rotatable bonds is 1. The molecule has 0 unspecified atom stereocenters. The molecule has 1 saturated heterocycles. The number of aromatic nitrogens is 1. The van der Waals surface area contributed by atoms with Crippen LogP contribution in [0.1, 0.15) is 12.8 Å². The van der Waals surface area contributed by atoms with E-state index >= 15 is 0 Å². The summed E-state index contributed by atoms with van der Waals surface area (Å²) in [6.45, 7) is 0.738. The molecule has 3 nitrogen and oxygen atoms in total. The molecule has 0 N–H and O–H groups in total. The first-order valence-corrected chi connectivity index (χ1v) is 5.48. The molecule has 1 aliphatic heterocycles. The van der Waals surface area contributed by atoms with Gasteiger partial charge in [-0.3, -0.25) is 4.79 Å². The summed E-state index contributed by atoms with van der Waals surface area (Å²) < 4.78 is 0.679. The van der Waals surface area contributed by atoms with Crippen molar-refractivity contribution in [3.63, 3.8) is 0 Å². The molecule has 74 valence electrons. The number of nitrogens with zero attached hydrogens (tertiary/aromatic N) is 2. The van der Waals surface area contributed by atoms with Gasteiger partial charge in [0, 0.05) is 13.0 Å². The molecule has 1 aliphatic rings. The molecule has 2 heterocycles. The monoisotopic (exact) mass is 274 g/mol. The van der Waals surface area contributed by atoms with Crippen molar-refractivity contribution in [1.82, 2.24) is 4.98 Å². The van der Waals surface area contributed by atoms with Gasteiger partial charge < -0.3 is 4.90 Å². The predicted molar refractivity (Wildman–Crippen MR) is 58.5 cm³/mol. The van der Waals surface area contributed by atoms with E-state index in [9.17, 15) is 4.79 Å². The molecule has 0 aromatic carbocycles. The van der Waals surface area contributed by atoms with Gasteiger partial charge in [-0.1, -0.05) is 11.6 Å². The lowest BCUT2D eigenvalue weighted by Gasteiger charge is -2.16. The van der Waals surface area contributed by atoms with Crippen LogP contribution in [0.2, 0.25) is 5.15 Å². The van der Waals surface area contributed by atoms with Crippen LogP contribution in [0.15, 0.2) is 16.7 Å². The van der Waals surface area contributed by atoms with Crippen LogP contribution in [0.3, 0.4) is 0 Å². The summed E-state index contributed by atoms with van der Waals surface area (Å²) in [6, 6.07) is 3.59. The maximum atomic E-state index is 11.4. The molecule has 0 atom stereocenters. The van der Waals surface area contributed by atoms with E-state index in [1.54, 1.807) is 11.0 Å². The van der Waals surface area contributed by atoms with Gasteiger partial charge in [-0.15, -0.1) is 0 Å². The second-order valence-corrected chi connectivity index (χ2v) is 4.26. The molecule has 1 fully saturated rings. The standard InChI is InChI=1S/C9H8BrClN2O/c10-7-4-3-6(9(11)12-7)13-5-1-2-8(13)14/h3-4H,1-2,5H2. The Balaban J connectivity index is 2.36. The minimum Gasteiger partial charge on any atom is -0.310 e. The molecular formula is C9H8BrClN2O. The lowest BCUT2D eigenvalue weighted by Crippen LogP contribution is -2.24. The van der Waals surface area contributed by atoms with Crippen molar-refractivity contribution in [1.29, 1.82) is 0 Å². The zero-order chi connectivity index (χ0) is 10.1. The largest absolute Gasteiger partial charge is 0.310 e. The maximum Gasteiger partial charge on any atom is 0.227 e. The van der Waals surface area contributed by atoms with E-state index in [-0.39, 0.29) is 5.91 Å². The number of hydrogen-bond donors (Lipinski definition) is 0. The molecule has 5 heteroatoms. The van der Waals surface area contributed by atoms with E-state index in [2.05, 4.69) is 20.9 Å². The Kier molecular flexibility index (Phi) is 2.74. The molecule has 1 aromatic heterocycles. The van der Waals surface area contributed by atoms with Crippen LogP contribution < -0.4 is 4.90 Å². The van der Waals surface area contributed by atoms with Gasteiger partial charge in [0.2, 0.25) is 5.91 Å². The fraction of sp³-hybridized carbons (Fsp3) is 0.333. The number of anilines is 1. The molecule has 0 spiro atoms. The predicted octanol–water partition coefficient (Wildman–Crippen LogP) is 2.62. The van der Waals surface area contributed by atoms with E-state index in [4.69, 9.17) is 11.6 Å². The first kappa shape index (κ1) is 9.93. The molecule has 14 heavy (non-hydrogen) atoms. The van der Waals surface area contributed by atoms with Gasteiger partial charge in [0.15, 0.2) is 5.15 Å². The van der Waals surface area contributed by atoms with Gasteiger partial charge in [0.25, 0.3) is 0 Å². The summed E-state index contributed by atoms with van der Waals surface area (Å²) in [5.74, 6) is 0.121. The second-order valence-electron chi connectivity index (χ2n) is 3.09. The van der Waals surface area contributed by atoms with Crippen LogP contribution in [-0.2, 0) is 4.79 Å². The zero-order valence-corrected chi connectivity index (χ0v) is 9.68. The van der Waals surface area contributed by atoms with E-state index in [0.717, 1.165) is 13.0 Å². The average molecular weight is 276 g/mol. The quantitative estimate of drug-likeness (QED) is 0.738. The average Bonchev–Trinajstić information content (AvgIpc) is 2.52. The van der Waals surface area contributed by atoms with Gasteiger partial charge in [0.05, 0.1) is 5.69 Å².